The Morgan fingerprint density at radius 3 is 2.45 bits per heavy atom. The number of aromatic nitrogens is 1. The molecule has 232 valence electrons. The first-order valence-corrected chi connectivity index (χ1v) is 14.5. The minimum Gasteiger partial charge on any atom is -0.489 e. The van der Waals surface area contributed by atoms with Crippen LogP contribution in [-0.2, 0) is 9.59 Å². The molecule has 44 heavy (non-hydrogen) atoms. The number of nitrogens with zero attached hydrogens (tertiary/aromatic N) is 3. The van der Waals surface area contributed by atoms with Gasteiger partial charge in [-0.2, -0.15) is 8.78 Å². The van der Waals surface area contributed by atoms with E-state index in [1.165, 1.54) is 34.9 Å². The van der Waals surface area contributed by atoms with Gasteiger partial charge in [0.25, 0.3) is 5.91 Å². The highest BCUT2D eigenvalue weighted by molar-refractivity contribution is 6.04. The number of rotatable bonds is 10. The van der Waals surface area contributed by atoms with Gasteiger partial charge in [-0.05, 0) is 74.9 Å². The lowest BCUT2D eigenvalue weighted by molar-refractivity contribution is -0.152. The van der Waals surface area contributed by atoms with Crippen molar-refractivity contribution in [3.8, 4) is 17.4 Å². The molecule has 2 heterocycles. The topological polar surface area (TPSA) is 98.3 Å². The smallest absolute Gasteiger partial charge is 0.387 e. The maximum atomic E-state index is 13.6. The Hall–Kier alpha value is -4.54. The van der Waals surface area contributed by atoms with Crippen LogP contribution in [0.3, 0.4) is 0 Å². The third-order valence-corrected chi connectivity index (χ3v) is 8.15. The second kappa shape index (κ2) is 12.6. The van der Waals surface area contributed by atoms with E-state index in [9.17, 15) is 23.2 Å². The van der Waals surface area contributed by atoms with Gasteiger partial charge >= 0.3 is 12.6 Å². The molecule has 0 bridgehead atoms. The Balaban J connectivity index is 1.34. The second-order valence-corrected chi connectivity index (χ2v) is 11.6. The number of amides is 2. The highest BCUT2D eigenvalue weighted by Crippen LogP contribution is 2.43. The van der Waals surface area contributed by atoms with E-state index >= 15 is 0 Å². The molecule has 1 aliphatic carbocycles. The minimum atomic E-state index is -3.01. The number of hydrogen-bond acceptors (Lipinski definition) is 7. The van der Waals surface area contributed by atoms with Crippen molar-refractivity contribution in [1.82, 2.24) is 9.88 Å². The van der Waals surface area contributed by atoms with E-state index in [-0.39, 0.29) is 53.8 Å². The maximum Gasteiger partial charge on any atom is 0.387 e. The van der Waals surface area contributed by atoms with Crippen LogP contribution >= 0.6 is 0 Å². The summed E-state index contributed by atoms with van der Waals surface area (Å²) in [6.45, 7) is 2.53. The highest BCUT2D eigenvalue weighted by Gasteiger charge is 2.51. The van der Waals surface area contributed by atoms with Crippen molar-refractivity contribution in [2.24, 2.45) is 5.92 Å². The zero-order valence-corrected chi connectivity index (χ0v) is 25.1. The van der Waals surface area contributed by atoms with Crippen LogP contribution in [-0.4, -0.2) is 60.0 Å². The SMILES string of the molecule is CC(=O)N1C[C@@H](c2ccc(OC(F)F)c(OCC3CC3)c2)C[C@@]1(C)C(=O)Oc1cccc(C(=O)N(C)c2ccc(C)cc2)n1. The van der Waals surface area contributed by atoms with Crippen molar-refractivity contribution in [1.29, 1.82) is 0 Å². The molecule has 0 N–H and O–H groups in total. The quantitative estimate of drug-likeness (QED) is 0.271. The van der Waals surface area contributed by atoms with Gasteiger partial charge < -0.3 is 24.0 Å². The van der Waals surface area contributed by atoms with Crippen molar-refractivity contribution in [2.75, 3.05) is 25.1 Å². The molecule has 2 atom stereocenters. The van der Waals surface area contributed by atoms with Gasteiger partial charge in [0.05, 0.1) is 6.61 Å². The molecular weight excluding hydrogens is 572 g/mol. The predicted octanol–water partition coefficient (Wildman–Crippen LogP) is 5.76. The lowest BCUT2D eigenvalue weighted by Crippen LogP contribution is -2.52. The Morgan fingerprint density at radius 1 is 1.07 bits per heavy atom. The maximum absolute atomic E-state index is 13.6. The fourth-order valence-corrected chi connectivity index (χ4v) is 5.40. The summed E-state index contributed by atoms with van der Waals surface area (Å²) in [7, 11) is 1.63. The van der Waals surface area contributed by atoms with Crippen LogP contribution in [0.1, 0.15) is 60.6 Å². The number of halogens is 2. The normalized spacial score (nSPS) is 19.5. The van der Waals surface area contributed by atoms with E-state index in [2.05, 4.69) is 9.72 Å². The lowest BCUT2D eigenvalue weighted by atomic mass is 9.89. The number of anilines is 1. The number of aryl methyl sites for hydroxylation is 1. The number of alkyl halides is 2. The molecule has 0 spiro atoms. The van der Waals surface area contributed by atoms with E-state index in [1.54, 1.807) is 32.2 Å². The molecule has 2 aromatic carbocycles. The summed E-state index contributed by atoms with van der Waals surface area (Å²) >= 11 is 0. The van der Waals surface area contributed by atoms with Crippen molar-refractivity contribution in [3.63, 3.8) is 0 Å². The average molecular weight is 608 g/mol. The molecule has 1 saturated heterocycles. The van der Waals surface area contributed by atoms with Gasteiger partial charge in [-0.3, -0.25) is 9.59 Å². The van der Waals surface area contributed by atoms with Crippen molar-refractivity contribution >= 4 is 23.5 Å². The third-order valence-electron chi connectivity index (χ3n) is 8.15. The van der Waals surface area contributed by atoms with Gasteiger partial charge in [-0.15, -0.1) is 0 Å². The molecule has 5 rings (SSSR count). The van der Waals surface area contributed by atoms with Gasteiger partial charge in [0.1, 0.15) is 11.2 Å². The van der Waals surface area contributed by atoms with Gasteiger partial charge in [-0.25, -0.2) is 9.78 Å². The molecule has 1 saturated carbocycles. The number of pyridine rings is 1. The first kappa shape index (κ1) is 30.9. The van der Waals surface area contributed by atoms with E-state index in [0.717, 1.165) is 18.4 Å². The molecular formula is C33H35F2N3O6. The summed E-state index contributed by atoms with van der Waals surface area (Å²) in [5.74, 6) is -1.29. The Kier molecular flexibility index (Phi) is 8.85. The number of likely N-dealkylation sites (tertiary alicyclic amines) is 1. The zero-order chi connectivity index (χ0) is 31.6. The molecule has 0 unspecified atom stereocenters. The Labute approximate surface area is 254 Å². The van der Waals surface area contributed by atoms with Crippen molar-refractivity contribution < 1.29 is 37.4 Å². The molecule has 11 heteroatoms. The third kappa shape index (κ3) is 6.82. The number of carbonyl (C=O) groups is 3. The van der Waals surface area contributed by atoms with Crippen LogP contribution < -0.4 is 19.1 Å². The fraction of sp³-hybridized carbons (Fsp3) is 0.394. The molecule has 9 nitrogen and oxygen atoms in total. The van der Waals surface area contributed by atoms with E-state index < -0.39 is 18.1 Å². The monoisotopic (exact) mass is 607 g/mol. The van der Waals surface area contributed by atoms with Crippen LogP contribution in [0.15, 0.2) is 60.7 Å². The minimum absolute atomic E-state index is 0.0680. The number of carbonyl (C=O) groups excluding carboxylic acids is 3. The Bertz CT molecular complexity index is 1540. The predicted molar refractivity (Wildman–Crippen MR) is 158 cm³/mol. The van der Waals surface area contributed by atoms with Gasteiger partial charge in [-0.1, -0.05) is 29.8 Å². The number of benzene rings is 2. The van der Waals surface area contributed by atoms with Crippen molar-refractivity contribution in [3.05, 3.63) is 77.5 Å². The summed E-state index contributed by atoms with van der Waals surface area (Å²) in [6, 6.07) is 16.7. The summed E-state index contributed by atoms with van der Waals surface area (Å²) < 4.78 is 42.2. The highest BCUT2D eigenvalue weighted by atomic mass is 19.3. The molecule has 0 radical (unpaired) electrons. The van der Waals surface area contributed by atoms with Crippen LogP contribution in [0.2, 0.25) is 0 Å². The lowest BCUT2D eigenvalue weighted by Gasteiger charge is -2.31. The fourth-order valence-electron chi connectivity index (χ4n) is 5.40. The van der Waals surface area contributed by atoms with Crippen LogP contribution in [0.5, 0.6) is 17.4 Å². The van der Waals surface area contributed by atoms with E-state index in [1.807, 2.05) is 31.2 Å². The first-order chi connectivity index (χ1) is 20.9. The number of ether oxygens (including phenoxy) is 3. The second-order valence-electron chi connectivity index (χ2n) is 11.6. The molecule has 2 fully saturated rings. The molecule has 1 aromatic heterocycles. The first-order valence-electron chi connectivity index (χ1n) is 14.5. The summed E-state index contributed by atoms with van der Waals surface area (Å²) in [6.07, 6.45) is 2.25. The van der Waals surface area contributed by atoms with Gasteiger partial charge in [0.15, 0.2) is 11.5 Å². The average Bonchev–Trinajstić information content (AvgIpc) is 3.75. The largest absolute Gasteiger partial charge is 0.489 e. The standard InChI is InChI=1S/C33H35F2N3O6/c1-20-8-13-25(14-9-20)37(4)30(40)26-6-5-7-29(36-26)44-31(41)33(3)17-24(18-38(33)21(2)39)23-12-15-27(43-32(34)35)28(16-23)42-19-22-10-11-22/h5-9,12-16,22,24,32H,10-11,17-19H2,1-4H3/t24-,33-/m0/s1. The molecule has 1 aliphatic heterocycles. The van der Waals surface area contributed by atoms with E-state index in [0.29, 0.717) is 23.8 Å². The Morgan fingerprint density at radius 2 is 1.80 bits per heavy atom. The van der Waals surface area contributed by atoms with E-state index in [4.69, 9.17) is 9.47 Å². The van der Waals surface area contributed by atoms with Crippen LogP contribution in [0.4, 0.5) is 14.5 Å². The molecule has 3 aromatic rings. The van der Waals surface area contributed by atoms with Gasteiger partial charge in [0, 0.05) is 38.2 Å². The van der Waals surface area contributed by atoms with Crippen LogP contribution in [0, 0.1) is 12.8 Å². The summed E-state index contributed by atoms with van der Waals surface area (Å²) in [4.78, 5) is 46.7. The zero-order valence-electron chi connectivity index (χ0n) is 25.1. The molecule has 2 amide bonds. The molecule has 2 aliphatic rings. The summed E-state index contributed by atoms with van der Waals surface area (Å²) in [5, 5.41) is 0. The summed E-state index contributed by atoms with van der Waals surface area (Å²) in [5.41, 5.74) is 1.18. The van der Waals surface area contributed by atoms with Crippen LogP contribution in [0.25, 0.3) is 0 Å². The number of hydrogen-bond donors (Lipinski definition) is 0. The van der Waals surface area contributed by atoms with Crippen molar-refractivity contribution in [2.45, 2.75) is 58.1 Å². The van der Waals surface area contributed by atoms with Gasteiger partial charge in [0.2, 0.25) is 11.8 Å². The number of esters is 1.